The van der Waals surface area contributed by atoms with Crippen molar-refractivity contribution in [2.75, 3.05) is 0 Å². The molecule has 2 heterocycles. The van der Waals surface area contributed by atoms with Crippen LogP contribution >= 0.6 is 0 Å². The fourth-order valence-corrected chi connectivity index (χ4v) is 4.92. The second-order valence-corrected chi connectivity index (χ2v) is 8.46. The molecule has 0 atom stereocenters. The summed E-state index contributed by atoms with van der Waals surface area (Å²) in [6.45, 7) is 0. The number of hydrogen-bond donors (Lipinski definition) is 1. The number of carbonyl (C=O) groups excluding carboxylic acids is 1. The second kappa shape index (κ2) is 5.51. The highest BCUT2D eigenvalue weighted by Crippen LogP contribution is 2.55. The number of rotatable bonds is 4. The number of amides is 1. The van der Waals surface area contributed by atoms with Gasteiger partial charge >= 0.3 is 0 Å². The van der Waals surface area contributed by atoms with Crippen LogP contribution in [0.1, 0.15) is 73.3 Å². The first-order valence-corrected chi connectivity index (χ1v) is 9.60. The van der Waals surface area contributed by atoms with Crippen LogP contribution in [0.5, 0.6) is 0 Å². The molecular weight excluding hydrogens is 336 g/mol. The molecule has 0 radical (unpaired) electrons. The standard InChI is InChI=1S/C20H23F2N3O/c21-18(22)19-6-9-20(10-7-19,11-8-19)23-17(26)15-14-3-1-2-12-25(14)24-16(15)13-4-5-13/h1-3,12-13,18H,4-11H2,(H,23,26). The maximum Gasteiger partial charge on any atom is 0.255 e. The van der Waals surface area contributed by atoms with Gasteiger partial charge in [-0.05, 0) is 63.5 Å². The van der Waals surface area contributed by atoms with E-state index >= 15 is 0 Å². The molecule has 2 aromatic heterocycles. The van der Waals surface area contributed by atoms with Crippen LogP contribution in [-0.4, -0.2) is 27.5 Å². The Morgan fingerprint density at radius 2 is 1.85 bits per heavy atom. The van der Waals surface area contributed by atoms with Gasteiger partial charge in [-0.1, -0.05) is 6.07 Å². The first-order valence-electron chi connectivity index (χ1n) is 9.60. The number of pyridine rings is 1. The van der Waals surface area contributed by atoms with Crippen molar-refractivity contribution in [1.82, 2.24) is 14.9 Å². The van der Waals surface area contributed by atoms with Crippen LogP contribution in [0.15, 0.2) is 24.4 Å². The Labute approximate surface area is 151 Å². The average molecular weight is 359 g/mol. The van der Waals surface area contributed by atoms with Crippen molar-refractivity contribution in [1.29, 1.82) is 0 Å². The fraction of sp³-hybridized carbons (Fsp3) is 0.600. The number of nitrogens with zero attached hydrogens (tertiary/aromatic N) is 2. The van der Waals surface area contributed by atoms with E-state index in [0.29, 0.717) is 50.0 Å². The van der Waals surface area contributed by atoms with Crippen LogP contribution < -0.4 is 5.32 Å². The van der Waals surface area contributed by atoms with Crippen LogP contribution in [0.25, 0.3) is 5.52 Å². The van der Waals surface area contributed by atoms with Crippen LogP contribution in [0.2, 0.25) is 0 Å². The zero-order valence-corrected chi connectivity index (χ0v) is 14.7. The van der Waals surface area contributed by atoms with Gasteiger partial charge in [0.25, 0.3) is 5.91 Å². The highest BCUT2D eigenvalue weighted by Gasteiger charge is 2.53. The lowest BCUT2D eigenvalue weighted by Crippen LogP contribution is -2.58. The maximum absolute atomic E-state index is 13.4. The molecule has 1 amide bonds. The summed E-state index contributed by atoms with van der Waals surface area (Å²) in [5, 5.41) is 7.89. The summed E-state index contributed by atoms with van der Waals surface area (Å²) in [6, 6.07) is 5.75. The van der Waals surface area contributed by atoms with Crippen molar-refractivity contribution in [2.45, 2.75) is 69.2 Å². The van der Waals surface area contributed by atoms with Crippen molar-refractivity contribution < 1.29 is 13.6 Å². The zero-order valence-electron chi connectivity index (χ0n) is 14.7. The van der Waals surface area contributed by atoms with Gasteiger partial charge in [-0.15, -0.1) is 0 Å². The number of hydrogen-bond acceptors (Lipinski definition) is 2. The van der Waals surface area contributed by atoms with E-state index in [2.05, 4.69) is 10.4 Å². The smallest absolute Gasteiger partial charge is 0.255 e. The Balaban J connectivity index is 1.44. The number of carbonyl (C=O) groups is 1. The third-order valence-corrected chi connectivity index (χ3v) is 6.90. The van der Waals surface area contributed by atoms with E-state index in [4.69, 9.17) is 0 Å². The van der Waals surface area contributed by atoms with E-state index < -0.39 is 11.8 Å². The molecule has 26 heavy (non-hydrogen) atoms. The highest BCUT2D eigenvalue weighted by molar-refractivity contribution is 6.02. The molecule has 0 unspecified atom stereocenters. The van der Waals surface area contributed by atoms with Gasteiger partial charge in [-0.2, -0.15) is 5.10 Å². The fourth-order valence-electron chi connectivity index (χ4n) is 4.92. The minimum Gasteiger partial charge on any atom is -0.346 e. The SMILES string of the molecule is O=C(NC12CCC(C(F)F)(CC1)CC2)c1c(C2CC2)nn2ccccc12. The van der Waals surface area contributed by atoms with E-state index in [1.807, 2.05) is 24.4 Å². The van der Waals surface area contributed by atoms with Crippen molar-refractivity contribution in [2.24, 2.45) is 5.41 Å². The van der Waals surface area contributed by atoms with Gasteiger partial charge in [0, 0.05) is 23.1 Å². The monoisotopic (exact) mass is 359 g/mol. The minimum absolute atomic E-state index is 0.0838. The topological polar surface area (TPSA) is 46.4 Å². The number of nitrogens with one attached hydrogen (secondary N) is 1. The van der Waals surface area contributed by atoms with Gasteiger partial charge in [0.2, 0.25) is 6.43 Å². The summed E-state index contributed by atoms with van der Waals surface area (Å²) in [5.74, 6) is 0.289. The molecular formula is C20H23F2N3O. The highest BCUT2D eigenvalue weighted by atomic mass is 19.3. The average Bonchev–Trinajstić information content (AvgIpc) is 3.42. The van der Waals surface area contributed by atoms with Gasteiger partial charge in [-0.25, -0.2) is 13.3 Å². The van der Waals surface area contributed by atoms with Crippen molar-refractivity contribution in [3.05, 3.63) is 35.7 Å². The van der Waals surface area contributed by atoms with E-state index in [1.54, 1.807) is 4.52 Å². The molecule has 4 aliphatic carbocycles. The summed E-state index contributed by atoms with van der Waals surface area (Å²) in [5.41, 5.74) is 1.27. The molecule has 4 aliphatic rings. The first kappa shape index (κ1) is 16.2. The van der Waals surface area contributed by atoms with Gasteiger partial charge < -0.3 is 5.32 Å². The minimum atomic E-state index is -2.25. The van der Waals surface area contributed by atoms with Crippen LogP contribution in [-0.2, 0) is 0 Å². The third kappa shape index (κ3) is 2.37. The molecule has 2 aromatic rings. The first-order chi connectivity index (χ1) is 12.5. The molecule has 0 saturated heterocycles. The maximum atomic E-state index is 13.4. The number of halogens is 2. The summed E-state index contributed by atoms with van der Waals surface area (Å²) in [4.78, 5) is 13.2. The molecule has 0 spiro atoms. The van der Waals surface area contributed by atoms with Gasteiger partial charge in [0.15, 0.2) is 0 Å². The van der Waals surface area contributed by atoms with Gasteiger partial charge in [-0.3, -0.25) is 4.79 Å². The van der Waals surface area contributed by atoms with E-state index in [0.717, 1.165) is 24.1 Å². The summed E-state index contributed by atoms with van der Waals surface area (Å²) in [6.07, 6.45) is 5.26. The quantitative estimate of drug-likeness (QED) is 0.885. The molecule has 4 fully saturated rings. The molecule has 6 heteroatoms. The molecule has 138 valence electrons. The number of aromatic nitrogens is 2. The Morgan fingerprint density at radius 3 is 2.46 bits per heavy atom. The zero-order chi connectivity index (χ0) is 17.9. The lowest BCUT2D eigenvalue weighted by atomic mass is 9.57. The largest absolute Gasteiger partial charge is 0.346 e. The predicted octanol–water partition coefficient (Wildman–Crippen LogP) is 4.30. The lowest BCUT2D eigenvalue weighted by molar-refractivity contribution is -0.0872. The van der Waals surface area contributed by atoms with E-state index in [1.165, 1.54) is 0 Å². The van der Waals surface area contributed by atoms with Crippen molar-refractivity contribution in [3.8, 4) is 0 Å². The summed E-state index contributed by atoms with van der Waals surface area (Å²) >= 11 is 0. The molecule has 4 saturated carbocycles. The predicted molar refractivity (Wildman–Crippen MR) is 93.5 cm³/mol. The number of fused-ring (bicyclic) bond motifs is 4. The lowest BCUT2D eigenvalue weighted by Gasteiger charge is -2.53. The Bertz CT molecular complexity index is 847. The van der Waals surface area contributed by atoms with Crippen molar-refractivity contribution >= 4 is 11.4 Å². The van der Waals surface area contributed by atoms with Crippen LogP contribution in [0.4, 0.5) is 8.78 Å². The van der Waals surface area contributed by atoms with E-state index in [-0.39, 0.29) is 11.4 Å². The molecule has 0 aliphatic heterocycles. The molecule has 0 aromatic carbocycles. The second-order valence-electron chi connectivity index (χ2n) is 8.46. The molecule has 6 rings (SSSR count). The van der Waals surface area contributed by atoms with Crippen LogP contribution in [0, 0.1) is 5.41 Å². The van der Waals surface area contributed by atoms with Crippen molar-refractivity contribution in [3.63, 3.8) is 0 Å². The van der Waals surface area contributed by atoms with Crippen LogP contribution in [0.3, 0.4) is 0 Å². The number of alkyl halides is 2. The van der Waals surface area contributed by atoms with E-state index in [9.17, 15) is 13.6 Å². The Hall–Kier alpha value is -1.98. The Kier molecular flexibility index (Phi) is 3.43. The summed E-state index contributed by atoms with van der Waals surface area (Å²) < 4.78 is 28.7. The van der Waals surface area contributed by atoms with Gasteiger partial charge in [0.05, 0.1) is 16.8 Å². The third-order valence-electron chi connectivity index (χ3n) is 6.90. The Morgan fingerprint density at radius 1 is 1.15 bits per heavy atom. The van der Waals surface area contributed by atoms with Gasteiger partial charge in [0.1, 0.15) is 0 Å². The molecule has 1 N–H and O–H groups in total. The normalized spacial score (nSPS) is 30.9. The molecule has 4 nitrogen and oxygen atoms in total. The molecule has 2 bridgehead atoms. The summed E-state index contributed by atoms with van der Waals surface area (Å²) in [7, 11) is 0.